The molecule has 3 heteroatoms. The molecule has 2 aromatic carbocycles. The minimum Gasteiger partial charge on any atom is -0.508 e. The van der Waals surface area contributed by atoms with Gasteiger partial charge in [0.15, 0.2) is 0 Å². The number of phenols is 2. The number of hydrogen-bond acceptors (Lipinski definition) is 3. The molecule has 0 aromatic heterocycles. The Bertz CT molecular complexity index is 1140. The van der Waals surface area contributed by atoms with E-state index in [2.05, 4.69) is 24.3 Å². The van der Waals surface area contributed by atoms with Crippen molar-refractivity contribution >= 4 is 5.78 Å². The second-order valence-corrected chi connectivity index (χ2v) is 9.88. The molecule has 0 bridgehead atoms. The van der Waals surface area contributed by atoms with Crippen LogP contribution in [-0.4, -0.2) is 16.0 Å². The van der Waals surface area contributed by atoms with Gasteiger partial charge in [-0.1, -0.05) is 35.9 Å². The second kappa shape index (κ2) is 6.85. The van der Waals surface area contributed by atoms with Crippen molar-refractivity contribution in [2.45, 2.75) is 56.8 Å². The summed E-state index contributed by atoms with van der Waals surface area (Å²) in [5.41, 5.74) is 6.21. The maximum absolute atomic E-state index is 13.4. The number of ketones is 1. The SMILES string of the molecule is O=C1CCC2C3=CCc4cc(O)ccc4C3CC[C@]12CC1C=CCc2ccc(O)cc21. The summed E-state index contributed by atoms with van der Waals surface area (Å²) in [6, 6.07) is 11.5. The van der Waals surface area contributed by atoms with Crippen molar-refractivity contribution in [3.05, 3.63) is 82.5 Å². The molecule has 2 N–H and O–H groups in total. The standard InChI is InChI=1S/C28H28O3/c29-20-7-9-22-18(14-20)5-8-24-23(22)12-13-28(26(24)10-11-27(28)31)16-19-3-1-2-17-4-6-21(30)15-25(17)19/h1,3-4,6-9,14-15,19,23,26,29-30H,2,5,10-13,16H2/t19?,23?,26?,28-/m1/s1. The van der Waals surface area contributed by atoms with E-state index in [1.165, 1.54) is 27.8 Å². The summed E-state index contributed by atoms with van der Waals surface area (Å²) in [5.74, 6) is 1.97. The molecular weight excluding hydrogens is 384 g/mol. The fourth-order valence-corrected chi connectivity index (χ4v) is 7.07. The van der Waals surface area contributed by atoms with Gasteiger partial charge < -0.3 is 10.2 Å². The first kappa shape index (κ1) is 18.9. The summed E-state index contributed by atoms with van der Waals surface area (Å²) < 4.78 is 0. The van der Waals surface area contributed by atoms with E-state index in [-0.39, 0.29) is 11.3 Å². The van der Waals surface area contributed by atoms with E-state index in [1.807, 2.05) is 18.2 Å². The number of carbonyl (C=O) groups excluding carboxylic acids is 1. The van der Waals surface area contributed by atoms with Crippen LogP contribution in [0.2, 0.25) is 0 Å². The smallest absolute Gasteiger partial charge is 0.139 e. The molecule has 0 aliphatic heterocycles. The van der Waals surface area contributed by atoms with Crippen LogP contribution in [-0.2, 0) is 17.6 Å². The monoisotopic (exact) mass is 412 g/mol. The number of fused-ring (bicyclic) bond motifs is 6. The molecule has 4 aliphatic carbocycles. The fraction of sp³-hybridized carbons (Fsp3) is 0.393. The highest BCUT2D eigenvalue weighted by atomic mass is 16.3. The van der Waals surface area contributed by atoms with E-state index >= 15 is 0 Å². The van der Waals surface area contributed by atoms with Crippen LogP contribution in [0.15, 0.2) is 60.2 Å². The molecule has 0 amide bonds. The average molecular weight is 413 g/mol. The zero-order valence-electron chi connectivity index (χ0n) is 17.7. The summed E-state index contributed by atoms with van der Waals surface area (Å²) in [7, 11) is 0. The van der Waals surface area contributed by atoms with Gasteiger partial charge in [-0.25, -0.2) is 0 Å². The molecule has 0 saturated heterocycles. The molecule has 2 saturated carbocycles. The molecule has 158 valence electrons. The van der Waals surface area contributed by atoms with Crippen molar-refractivity contribution in [1.82, 2.24) is 0 Å². The summed E-state index contributed by atoms with van der Waals surface area (Å²) >= 11 is 0. The third-order valence-electron chi connectivity index (χ3n) is 8.45. The Morgan fingerprint density at radius 3 is 2.68 bits per heavy atom. The molecule has 2 aromatic rings. The highest BCUT2D eigenvalue weighted by Gasteiger charge is 2.55. The van der Waals surface area contributed by atoms with Crippen molar-refractivity contribution in [3.63, 3.8) is 0 Å². The van der Waals surface area contributed by atoms with Crippen molar-refractivity contribution in [1.29, 1.82) is 0 Å². The van der Waals surface area contributed by atoms with Crippen LogP contribution in [0.1, 0.15) is 66.2 Å². The predicted molar refractivity (Wildman–Crippen MR) is 120 cm³/mol. The molecule has 0 heterocycles. The van der Waals surface area contributed by atoms with Crippen molar-refractivity contribution in [2.24, 2.45) is 11.3 Å². The number of allylic oxidation sites excluding steroid dienone is 4. The molecule has 31 heavy (non-hydrogen) atoms. The maximum atomic E-state index is 13.4. The topological polar surface area (TPSA) is 57.5 Å². The molecule has 3 nitrogen and oxygen atoms in total. The largest absolute Gasteiger partial charge is 0.508 e. The lowest BCUT2D eigenvalue weighted by Crippen LogP contribution is -2.41. The number of aromatic hydroxyl groups is 2. The second-order valence-electron chi connectivity index (χ2n) is 9.88. The van der Waals surface area contributed by atoms with Gasteiger partial charge in [-0.15, -0.1) is 0 Å². The van der Waals surface area contributed by atoms with Crippen molar-refractivity contribution in [3.8, 4) is 11.5 Å². The summed E-state index contributed by atoms with van der Waals surface area (Å²) in [6.07, 6.45) is 13.0. The van der Waals surface area contributed by atoms with Gasteiger partial charge in [-0.3, -0.25) is 4.79 Å². The first-order chi connectivity index (χ1) is 15.0. The molecule has 4 aliphatic rings. The van der Waals surface area contributed by atoms with E-state index in [1.54, 1.807) is 12.1 Å². The van der Waals surface area contributed by atoms with Crippen LogP contribution in [0.25, 0.3) is 0 Å². The Hall–Kier alpha value is -2.81. The van der Waals surface area contributed by atoms with Crippen LogP contribution in [0.3, 0.4) is 0 Å². The highest BCUT2D eigenvalue weighted by molar-refractivity contribution is 5.88. The number of rotatable bonds is 2. The lowest BCUT2D eigenvalue weighted by Gasteiger charge is -2.47. The van der Waals surface area contributed by atoms with Crippen molar-refractivity contribution in [2.75, 3.05) is 0 Å². The van der Waals surface area contributed by atoms with Gasteiger partial charge >= 0.3 is 0 Å². The van der Waals surface area contributed by atoms with Crippen LogP contribution < -0.4 is 0 Å². The van der Waals surface area contributed by atoms with E-state index in [0.29, 0.717) is 35.5 Å². The summed E-state index contributed by atoms with van der Waals surface area (Å²) in [4.78, 5) is 13.4. The van der Waals surface area contributed by atoms with Gasteiger partial charge in [0.25, 0.3) is 0 Å². The number of phenolic OH excluding ortho intramolecular Hbond substituents is 2. The summed E-state index contributed by atoms with van der Waals surface area (Å²) in [5, 5.41) is 20.0. The van der Waals surface area contributed by atoms with E-state index in [9.17, 15) is 15.0 Å². The molecular formula is C28H28O3. The average Bonchev–Trinajstić information content (AvgIpc) is 3.10. The Balaban J connectivity index is 1.37. The fourth-order valence-electron chi connectivity index (χ4n) is 7.07. The van der Waals surface area contributed by atoms with Gasteiger partial charge in [-0.2, -0.15) is 0 Å². The number of Topliss-reactive ketones (excluding diaryl/α,β-unsaturated/α-hetero) is 1. The van der Waals surface area contributed by atoms with Crippen LogP contribution >= 0.6 is 0 Å². The van der Waals surface area contributed by atoms with Gasteiger partial charge in [0.05, 0.1) is 0 Å². The van der Waals surface area contributed by atoms with Gasteiger partial charge in [0.2, 0.25) is 0 Å². The van der Waals surface area contributed by atoms with E-state index in [0.717, 1.165) is 38.5 Å². The van der Waals surface area contributed by atoms with Crippen molar-refractivity contribution < 1.29 is 15.0 Å². The Kier molecular flexibility index (Phi) is 4.18. The predicted octanol–water partition coefficient (Wildman–Crippen LogP) is 5.71. The first-order valence-electron chi connectivity index (χ1n) is 11.6. The quantitative estimate of drug-likeness (QED) is 0.621. The van der Waals surface area contributed by atoms with Gasteiger partial charge in [-0.05, 0) is 91.0 Å². The maximum Gasteiger partial charge on any atom is 0.139 e. The normalized spacial score (nSPS) is 30.8. The van der Waals surface area contributed by atoms with Gasteiger partial charge in [0, 0.05) is 23.7 Å². The molecule has 2 fully saturated rings. The molecule has 0 spiro atoms. The zero-order valence-corrected chi connectivity index (χ0v) is 17.7. The van der Waals surface area contributed by atoms with Crippen LogP contribution in [0.5, 0.6) is 11.5 Å². The molecule has 3 unspecified atom stereocenters. The Morgan fingerprint density at radius 2 is 1.77 bits per heavy atom. The molecule has 0 radical (unpaired) electrons. The lowest BCUT2D eigenvalue weighted by atomic mass is 9.56. The van der Waals surface area contributed by atoms with E-state index in [4.69, 9.17) is 0 Å². The zero-order chi connectivity index (χ0) is 21.2. The highest BCUT2D eigenvalue weighted by Crippen LogP contribution is 2.61. The first-order valence-corrected chi connectivity index (χ1v) is 11.6. The number of benzene rings is 2. The Labute approximate surface area is 183 Å². The molecule has 6 rings (SSSR count). The van der Waals surface area contributed by atoms with Crippen LogP contribution in [0, 0.1) is 11.3 Å². The summed E-state index contributed by atoms with van der Waals surface area (Å²) in [6.45, 7) is 0. The minimum atomic E-state index is -0.286. The number of hydrogen-bond donors (Lipinski definition) is 2. The van der Waals surface area contributed by atoms with E-state index < -0.39 is 0 Å². The third-order valence-corrected chi connectivity index (χ3v) is 8.45. The van der Waals surface area contributed by atoms with Crippen LogP contribution in [0.4, 0.5) is 0 Å². The molecule has 4 atom stereocenters. The lowest BCUT2D eigenvalue weighted by molar-refractivity contribution is -0.128. The Morgan fingerprint density at radius 1 is 0.935 bits per heavy atom. The third kappa shape index (κ3) is 2.82. The minimum absolute atomic E-state index is 0.186. The van der Waals surface area contributed by atoms with Gasteiger partial charge in [0.1, 0.15) is 17.3 Å². The number of carbonyl (C=O) groups is 1.